The number of carboxylic acid groups (broad SMARTS) is 1. The lowest BCUT2D eigenvalue weighted by Gasteiger charge is -2.07. The van der Waals surface area contributed by atoms with Gasteiger partial charge in [0.1, 0.15) is 11.4 Å². The maximum Gasteiger partial charge on any atom is 0.573 e. The van der Waals surface area contributed by atoms with Gasteiger partial charge in [-0.25, -0.2) is 9.78 Å². The van der Waals surface area contributed by atoms with Gasteiger partial charge in [0.2, 0.25) is 0 Å². The Morgan fingerprint density at radius 2 is 2.04 bits per heavy atom. The predicted molar refractivity (Wildman–Crippen MR) is 73.0 cm³/mol. The summed E-state index contributed by atoms with van der Waals surface area (Å²) in [6.07, 6.45) is -3.41. The highest BCUT2D eigenvalue weighted by Gasteiger charge is 2.31. The molecule has 23 heavy (non-hydrogen) atoms. The van der Waals surface area contributed by atoms with Gasteiger partial charge in [-0.15, -0.1) is 13.2 Å². The number of alkyl halides is 3. The fraction of sp³-hybridized carbons (Fsp3) is 0.0714. The molecule has 0 unspecified atom stereocenters. The van der Waals surface area contributed by atoms with E-state index in [1.165, 1.54) is 24.4 Å². The number of imidazole rings is 1. The molecule has 1 aromatic carbocycles. The minimum Gasteiger partial charge on any atom is -0.478 e. The van der Waals surface area contributed by atoms with E-state index in [-0.39, 0.29) is 22.6 Å². The number of halogens is 3. The van der Waals surface area contributed by atoms with Crippen molar-refractivity contribution in [2.24, 2.45) is 0 Å². The molecule has 0 aliphatic rings. The largest absolute Gasteiger partial charge is 0.573 e. The van der Waals surface area contributed by atoms with Crippen molar-refractivity contribution < 1.29 is 27.8 Å². The Morgan fingerprint density at radius 3 is 2.74 bits per heavy atom. The molecule has 118 valence electrons. The summed E-state index contributed by atoms with van der Waals surface area (Å²) >= 11 is 0. The molecule has 0 atom stereocenters. The van der Waals surface area contributed by atoms with E-state index in [1.54, 1.807) is 0 Å². The summed E-state index contributed by atoms with van der Waals surface area (Å²) in [5.41, 5.74) is 0.646. The van der Waals surface area contributed by atoms with Crippen LogP contribution in [0.5, 0.6) is 5.75 Å². The second-order valence-corrected chi connectivity index (χ2v) is 4.52. The molecule has 0 aliphatic heterocycles. The Labute approximate surface area is 126 Å². The molecule has 3 aromatic rings. The number of benzene rings is 1. The number of rotatable bonds is 3. The predicted octanol–water partition coefficient (Wildman–Crippen LogP) is 3.22. The number of nitrogens with one attached hydrogen (secondary N) is 1. The number of fused-ring (bicyclic) bond motifs is 1. The number of aromatic carboxylic acids is 1. The van der Waals surface area contributed by atoms with Crippen LogP contribution in [0.4, 0.5) is 13.2 Å². The number of hydrogen-bond donors (Lipinski definition) is 2. The Balaban J connectivity index is 2.06. The molecule has 0 aliphatic carbocycles. The first-order valence-electron chi connectivity index (χ1n) is 6.28. The first kappa shape index (κ1) is 14.8. The van der Waals surface area contributed by atoms with Gasteiger partial charge in [-0.3, -0.25) is 4.98 Å². The van der Waals surface area contributed by atoms with E-state index in [2.05, 4.69) is 19.7 Å². The molecule has 0 amide bonds. The third kappa shape index (κ3) is 3.07. The lowest BCUT2D eigenvalue weighted by Crippen LogP contribution is -2.16. The Kier molecular flexibility index (Phi) is 3.40. The SMILES string of the molecule is O=C(O)c1cccnc1-c1nc2cc(OC(F)(F)F)ccc2[nH]1. The highest BCUT2D eigenvalue weighted by molar-refractivity contribution is 5.94. The summed E-state index contributed by atoms with van der Waals surface area (Å²) in [4.78, 5) is 22.1. The minimum absolute atomic E-state index is 0.0710. The Bertz CT molecular complexity index is 890. The minimum atomic E-state index is -4.80. The number of hydrogen-bond acceptors (Lipinski definition) is 4. The molecular formula is C14H8F3N3O3. The fourth-order valence-electron chi connectivity index (χ4n) is 2.06. The van der Waals surface area contributed by atoms with Gasteiger partial charge in [-0.1, -0.05) is 0 Å². The van der Waals surface area contributed by atoms with Gasteiger partial charge >= 0.3 is 12.3 Å². The van der Waals surface area contributed by atoms with E-state index in [0.29, 0.717) is 5.52 Å². The van der Waals surface area contributed by atoms with Crippen molar-refractivity contribution in [2.45, 2.75) is 6.36 Å². The lowest BCUT2D eigenvalue weighted by atomic mass is 10.2. The zero-order valence-electron chi connectivity index (χ0n) is 11.3. The van der Waals surface area contributed by atoms with Crippen LogP contribution in [0.15, 0.2) is 36.5 Å². The number of H-pyrrole nitrogens is 1. The number of nitrogens with zero attached hydrogens (tertiary/aromatic N) is 2. The van der Waals surface area contributed by atoms with Crippen LogP contribution in [0.1, 0.15) is 10.4 Å². The van der Waals surface area contributed by atoms with Crippen molar-refractivity contribution in [1.82, 2.24) is 15.0 Å². The zero-order valence-corrected chi connectivity index (χ0v) is 11.3. The molecule has 0 saturated carbocycles. The van der Waals surface area contributed by atoms with Crippen LogP contribution in [-0.4, -0.2) is 32.4 Å². The van der Waals surface area contributed by atoms with Crippen molar-refractivity contribution in [3.05, 3.63) is 42.1 Å². The molecule has 0 bridgehead atoms. The molecular weight excluding hydrogens is 315 g/mol. The van der Waals surface area contributed by atoms with E-state index in [0.717, 1.165) is 12.1 Å². The molecule has 9 heteroatoms. The maximum atomic E-state index is 12.2. The lowest BCUT2D eigenvalue weighted by molar-refractivity contribution is -0.274. The first-order valence-corrected chi connectivity index (χ1v) is 6.28. The van der Waals surface area contributed by atoms with Gasteiger partial charge in [0.25, 0.3) is 0 Å². The van der Waals surface area contributed by atoms with Crippen molar-refractivity contribution in [3.63, 3.8) is 0 Å². The fourth-order valence-corrected chi connectivity index (χ4v) is 2.06. The summed E-state index contributed by atoms with van der Waals surface area (Å²) in [5, 5.41) is 9.15. The third-order valence-corrected chi connectivity index (χ3v) is 2.95. The van der Waals surface area contributed by atoms with Gasteiger partial charge in [0, 0.05) is 12.3 Å². The van der Waals surface area contributed by atoms with Crippen molar-refractivity contribution in [2.75, 3.05) is 0 Å². The highest BCUT2D eigenvalue weighted by atomic mass is 19.4. The number of carboxylic acids is 1. The van der Waals surface area contributed by atoms with Crippen LogP contribution >= 0.6 is 0 Å². The molecule has 0 radical (unpaired) electrons. The summed E-state index contributed by atoms with van der Waals surface area (Å²) < 4.78 is 40.5. The van der Waals surface area contributed by atoms with Gasteiger partial charge < -0.3 is 14.8 Å². The monoisotopic (exact) mass is 323 g/mol. The van der Waals surface area contributed by atoms with E-state index in [9.17, 15) is 18.0 Å². The summed E-state index contributed by atoms with van der Waals surface area (Å²) in [6.45, 7) is 0. The molecule has 0 fully saturated rings. The number of aromatic nitrogens is 3. The standard InChI is InChI=1S/C14H8F3N3O3/c15-14(16,17)23-7-3-4-9-10(6-7)20-12(19-9)11-8(13(21)22)2-1-5-18-11/h1-6H,(H,19,20)(H,21,22). The summed E-state index contributed by atoms with van der Waals surface area (Å²) in [6, 6.07) is 6.41. The van der Waals surface area contributed by atoms with Crippen molar-refractivity contribution in [1.29, 1.82) is 0 Å². The van der Waals surface area contributed by atoms with Crippen LogP contribution < -0.4 is 4.74 Å². The Hall–Kier alpha value is -3.10. The molecule has 6 nitrogen and oxygen atoms in total. The molecule has 2 heterocycles. The second-order valence-electron chi connectivity index (χ2n) is 4.52. The van der Waals surface area contributed by atoms with E-state index in [4.69, 9.17) is 5.11 Å². The molecule has 2 N–H and O–H groups in total. The van der Waals surface area contributed by atoms with Crippen LogP contribution in [0.25, 0.3) is 22.6 Å². The number of pyridine rings is 1. The van der Waals surface area contributed by atoms with E-state index < -0.39 is 18.1 Å². The topological polar surface area (TPSA) is 88.1 Å². The number of ether oxygens (including phenoxy) is 1. The van der Waals surface area contributed by atoms with E-state index in [1.807, 2.05) is 0 Å². The van der Waals surface area contributed by atoms with Crippen LogP contribution in [0, 0.1) is 0 Å². The van der Waals surface area contributed by atoms with Crippen LogP contribution in [0.3, 0.4) is 0 Å². The molecule has 0 saturated heterocycles. The molecule has 2 aromatic heterocycles. The van der Waals surface area contributed by atoms with Gasteiger partial charge in [0.15, 0.2) is 5.82 Å². The second kappa shape index (κ2) is 5.27. The quantitative estimate of drug-likeness (QED) is 0.772. The maximum absolute atomic E-state index is 12.2. The smallest absolute Gasteiger partial charge is 0.478 e. The molecule has 3 rings (SSSR count). The van der Waals surface area contributed by atoms with Crippen molar-refractivity contribution >= 4 is 17.0 Å². The van der Waals surface area contributed by atoms with Gasteiger partial charge in [-0.2, -0.15) is 0 Å². The molecule has 0 spiro atoms. The summed E-state index contributed by atoms with van der Waals surface area (Å²) in [7, 11) is 0. The van der Waals surface area contributed by atoms with Crippen LogP contribution in [0.2, 0.25) is 0 Å². The highest BCUT2D eigenvalue weighted by Crippen LogP contribution is 2.27. The zero-order chi connectivity index (χ0) is 16.6. The first-order chi connectivity index (χ1) is 10.8. The average molecular weight is 323 g/mol. The number of aromatic amines is 1. The Morgan fingerprint density at radius 1 is 1.26 bits per heavy atom. The summed E-state index contributed by atoms with van der Waals surface area (Å²) in [5.74, 6) is -1.46. The van der Waals surface area contributed by atoms with Gasteiger partial charge in [-0.05, 0) is 24.3 Å². The van der Waals surface area contributed by atoms with Gasteiger partial charge in [0.05, 0.1) is 16.6 Å². The number of carbonyl (C=O) groups is 1. The van der Waals surface area contributed by atoms with Crippen molar-refractivity contribution in [3.8, 4) is 17.3 Å². The third-order valence-electron chi connectivity index (χ3n) is 2.95. The normalized spacial score (nSPS) is 11.6. The van der Waals surface area contributed by atoms with E-state index >= 15 is 0 Å². The van der Waals surface area contributed by atoms with Crippen LogP contribution in [-0.2, 0) is 0 Å². The average Bonchev–Trinajstić information content (AvgIpc) is 2.88.